The number of fused-ring (bicyclic) bond motifs is 3. The second-order valence-corrected chi connectivity index (χ2v) is 11.1. The summed E-state index contributed by atoms with van der Waals surface area (Å²) in [7, 11) is -3.66. The van der Waals surface area contributed by atoms with Gasteiger partial charge in [-0.2, -0.15) is 22.5 Å². The van der Waals surface area contributed by atoms with Gasteiger partial charge in [-0.05, 0) is 29.3 Å². The van der Waals surface area contributed by atoms with Gasteiger partial charge in [-0.1, -0.05) is 46.8 Å². The third-order valence-electron chi connectivity index (χ3n) is 6.15. The number of piperazine rings is 1. The maximum atomic E-state index is 13.4. The molecule has 176 valence electrons. The Labute approximate surface area is 195 Å². The number of hydrogen-bond acceptors (Lipinski definition) is 8. The maximum Gasteiger partial charge on any atom is 0.471 e. The molecule has 0 spiro atoms. The van der Waals surface area contributed by atoms with E-state index in [1.807, 2.05) is 35.2 Å². The maximum absolute atomic E-state index is 13.4. The van der Waals surface area contributed by atoms with E-state index in [2.05, 4.69) is 19.6 Å². The van der Waals surface area contributed by atoms with Crippen LogP contribution in [0.1, 0.15) is 12.3 Å². The average molecular weight is 508 g/mol. The minimum Gasteiger partial charge on any atom is -0.342 e. The van der Waals surface area contributed by atoms with Crippen molar-refractivity contribution in [1.82, 2.24) is 19.4 Å². The lowest BCUT2D eigenvalue weighted by molar-refractivity contribution is -0.159. The summed E-state index contributed by atoms with van der Waals surface area (Å²) in [6, 6.07) is 12.4. The number of benzene rings is 2. The lowest BCUT2D eigenvalue weighted by atomic mass is 10.1. The van der Waals surface area contributed by atoms with Crippen molar-refractivity contribution < 1.29 is 26.1 Å². The van der Waals surface area contributed by atoms with E-state index in [1.54, 1.807) is 16.4 Å². The Bertz CT molecular complexity index is 1500. The van der Waals surface area contributed by atoms with Gasteiger partial charge in [0, 0.05) is 25.2 Å². The summed E-state index contributed by atoms with van der Waals surface area (Å²) in [6.45, 7) is 0.764. The van der Waals surface area contributed by atoms with Crippen LogP contribution in [0.2, 0.25) is 0 Å². The van der Waals surface area contributed by atoms with Crippen LogP contribution in [0.5, 0.6) is 0 Å². The highest BCUT2D eigenvalue weighted by atomic mass is 32.2. The Morgan fingerprint density at radius 3 is 2.56 bits per heavy atom. The first-order chi connectivity index (χ1) is 16.2. The smallest absolute Gasteiger partial charge is 0.342 e. The Balaban J connectivity index is 1.21. The summed E-state index contributed by atoms with van der Waals surface area (Å²) >= 11 is 1.15. The van der Waals surface area contributed by atoms with Gasteiger partial charge in [0.2, 0.25) is 15.8 Å². The van der Waals surface area contributed by atoms with Gasteiger partial charge in [0.15, 0.2) is 5.13 Å². The minimum atomic E-state index is -4.72. The summed E-state index contributed by atoms with van der Waals surface area (Å²) < 4.78 is 70.8. The van der Waals surface area contributed by atoms with E-state index in [0.717, 1.165) is 22.1 Å². The second kappa shape index (κ2) is 7.48. The summed E-state index contributed by atoms with van der Waals surface area (Å²) in [6.07, 6.45) is -2.66. The molecule has 2 aromatic carbocycles. The van der Waals surface area contributed by atoms with Crippen LogP contribution in [0.3, 0.4) is 0 Å². The lowest BCUT2D eigenvalue weighted by Crippen LogP contribution is -2.48. The van der Waals surface area contributed by atoms with E-state index >= 15 is 0 Å². The normalized spacial score (nSPS) is 21.1. The van der Waals surface area contributed by atoms with Crippen LogP contribution in [0.4, 0.5) is 18.3 Å². The molecule has 6 rings (SSSR count). The molecule has 0 radical (unpaired) electrons. The van der Waals surface area contributed by atoms with E-state index in [-0.39, 0.29) is 22.8 Å². The SMILES string of the molecule is O=S(=O)(c1ccc2ccccc2c1)N1CC2CC1CN2c1ncc(-c2noc(C(F)(F)F)n2)s1. The fraction of sp³-hybridized carbons (Fsp3) is 0.286. The van der Waals surface area contributed by atoms with Gasteiger partial charge in [-0.3, -0.25) is 0 Å². The molecular weight excluding hydrogens is 491 g/mol. The van der Waals surface area contributed by atoms with Crippen molar-refractivity contribution in [3.05, 3.63) is 54.6 Å². The molecule has 0 aliphatic carbocycles. The molecule has 2 aliphatic rings. The summed E-state index contributed by atoms with van der Waals surface area (Å²) in [5.74, 6) is -1.59. The van der Waals surface area contributed by atoms with Gasteiger partial charge in [0.1, 0.15) is 0 Å². The minimum absolute atomic E-state index is 0.0739. The number of sulfonamides is 1. The molecule has 4 aromatic rings. The van der Waals surface area contributed by atoms with Crippen LogP contribution in [0.25, 0.3) is 21.5 Å². The number of aromatic nitrogens is 3. The molecule has 2 aliphatic heterocycles. The summed E-state index contributed by atoms with van der Waals surface area (Å²) in [5, 5.41) is 5.82. The Kier molecular flexibility index (Phi) is 4.73. The fourth-order valence-electron chi connectivity index (χ4n) is 4.56. The molecule has 4 heterocycles. The predicted molar refractivity (Wildman–Crippen MR) is 118 cm³/mol. The Morgan fingerprint density at radius 2 is 1.85 bits per heavy atom. The quantitative estimate of drug-likeness (QED) is 0.412. The van der Waals surface area contributed by atoms with Crippen molar-refractivity contribution in [3.63, 3.8) is 0 Å². The number of rotatable bonds is 4. The molecule has 0 N–H and O–H groups in total. The van der Waals surface area contributed by atoms with E-state index in [0.29, 0.717) is 29.5 Å². The van der Waals surface area contributed by atoms with Gasteiger partial charge in [-0.25, -0.2) is 13.4 Å². The molecule has 34 heavy (non-hydrogen) atoms. The van der Waals surface area contributed by atoms with E-state index in [1.165, 1.54) is 6.20 Å². The standard InChI is InChI=1S/C21H16F3N5O3S2/c22-21(23,24)19-26-18(27-32-19)17-9-25-20(33-17)28-10-15-8-14(28)11-29(15)34(30,31)16-6-5-12-3-1-2-4-13(12)7-16/h1-7,9,14-15H,8,10-11H2. The molecule has 0 amide bonds. The highest BCUT2D eigenvalue weighted by molar-refractivity contribution is 7.89. The largest absolute Gasteiger partial charge is 0.471 e. The third-order valence-corrected chi connectivity index (χ3v) is 9.09. The monoisotopic (exact) mass is 507 g/mol. The van der Waals surface area contributed by atoms with Crippen LogP contribution in [-0.2, 0) is 16.2 Å². The van der Waals surface area contributed by atoms with E-state index in [9.17, 15) is 21.6 Å². The highest BCUT2D eigenvalue weighted by Crippen LogP contribution is 2.41. The molecule has 2 fully saturated rings. The molecule has 8 nitrogen and oxygen atoms in total. The third kappa shape index (κ3) is 3.46. The van der Waals surface area contributed by atoms with Crippen molar-refractivity contribution in [3.8, 4) is 10.7 Å². The molecule has 2 saturated heterocycles. The summed E-state index contributed by atoms with van der Waals surface area (Å²) in [4.78, 5) is 10.3. The molecule has 0 saturated carbocycles. The zero-order valence-electron chi connectivity index (χ0n) is 17.3. The van der Waals surface area contributed by atoms with Crippen LogP contribution in [0, 0.1) is 0 Å². The topological polar surface area (TPSA) is 92.4 Å². The number of thiazole rings is 1. The molecule has 2 unspecified atom stereocenters. The molecule has 13 heteroatoms. The van der Waals surface area contributed by atoms with Crippen LogP contribution in [0.15, 0.2) is 58.1 Å². The second-order valence-electron chi connectivity index (χ2n) is 8.21. The van der Waals surface area contributed by atoms with Crippen LogP contribution >= 0.6 is 11.3 Å². The zero-order valence-corrected chi connectivity index (χ0v) is 18.9. The fourth-order valence-corrected chi connectivity index (χ4v) is 7.18. The first-order valence-electron chi connectivity index (χ1n) is 10.3. The van der Waals surface area contributed by atoms with Gasteiger partial charge in [0.05, 0.1) is 16.0 Å². The highest BCUT2D eigenvalue weighted by Gasteiger charge is 2.49. The Hall–Kier alpha value is -3.03. The number of halogens is 3. The van der Waals surface area contributed by atoms with Crippen LogP contribution < -0.4 is 4.90 Å². The number of anilines is 1. The average Bonchev–Trinajstić information content (AvgIpc) is 3.60. The van der Waals surface area contributed by atoms with Gasteiger partial charge in [-0.15, -0.1) is 0 Å². The van der Waals surface area contributed by atoms with Crippen molar-refractivity contribution in [2.24, 2.45) is 0 Å². The Morgan fingerprint density at radius 1 is 1.06 bits per heavy atom. The lowest BCUT2D eigenvalue weighted by Gasteiger charge is -2.33. The van der Waals surface area contributed by atoms with Crippen molar-refractivity contribution in [2.45, 2.75) is 29.6 Å². The molecular formula is C21H16F3N5O3S2. The number of alkyl halides is 3. The van der Waals surface area contributed by atoms with E-state index in [4.69, 9.17) is 0 Å². The first-order valence-corrected chi connectivity index (χ1v) is 12.6. The van der Waals surface area contributed by atoms with Gasteiger partial charge in [0.25, 0.3) is 0 Å². The molecule has 2 bridgehead atoms. The summed E-state index contributed by atoms with van der Waals surface area (Å²) in [5.41, 5.74) is 0. The van der Waals surface area contributed by atoms with Crippen molar-refractivity contribution in [1.29, 1.82) is 0 Å². The van der Waals surface area contributed by atoms with E-state index < -0.39 is 22.1 Å². The molecule has 2 atom stereocenters. The van der Waals surface area contributed by atoms with Crippen molar-refractivity contribution >= 4 is 37.3 Å². The van der Waals surface area contributed by atoms with Crippen LogP contribution in [-0.4, -0.2) is 53.0 Å². The van der Waals surface area contributed by atoms with Gasteiger partial charge < -0.3 is 9.42 Å². The number of hydrogen-bond donors (Lipinski definition) is 0. The zero-order chi connectivity index (χ0) is 23.7. The first kappa shape index (κ1) is 21.5. The van der Waals surface area contributed by atoms with Crippen molar-refractivity contribution in [2.75, 3.05) is 18.0 Å². The number of nitrogens with zero attached hydrogens (tertiary/aromatic N) is 5. The molecule has 2 aromatic heterocycles. The van der Waals surface area contributed by atoms with Gasteiger partial charge >= 0.3 is 12.1 Å². The predicted octanol–water partition coefficient (Wildman–Crippen LogP) is 4.02.